The molecule has 0 saturated heterocycles. The van der Waals surface area contributed by atoms with E-state index in [9.17, 15) is 0 Å². The van der Waals surface area contributed by atoms with E-state index >= 15 is 0 Å². The number of rotatable bonds is 4. The molecule has 1 saturated carbocycles. The van der Waals surface area contributed by atoms with Crippen LogP contribution in [0.5, 0.6) is 0 Å². The van der Waals surface area contributed by atoms with Gasteiger partial charge in [0, 0.05) is 23.5 Å². The fourth-order valence-electron chi connectivity index (χ4n) is 2.19. The molecule has 3 nitrogen and oxygen atoms in total. The second kappa shape index (κ2) is 6.12. The summed E-state index contributed by atoms with van der Waals surface area (Å²) in [5.41, 5.74) is 1.60. The summed E-state index contributed by atoms with van der Waals surface area (Å²) in [5, 5.41) is 6.43. The SMILES string of the molecule is C#CCNC(=NC)NCC1(c2ccccc2Br)CC1. The van der Waals surface area contributed by atoms with Crippen molar-refractivity contribution in [1.29, 1.82) is 0 Å². The van der Waals surface area contributed by atoms with Crippen molar-refractivity contribution in [1.82, 2.24) is 10.6 Å². The summed E-state index contributed by atoms with van der Waals surface area (Å²) >= 11 is 3.64. The van der Waals surface area contributed by atoms with Crippen molar-refractivity contribution in [2.75, 3.05) is 20.1 Å². The van der Waals surface area contributed by atoms with Crippen LogP contribution in [0.4, 0.5) is 0 Å². The second-order valence-corrected chi connectivity index (χ2v) is 5.60. The predicted molar refractivity (Wildman–Crippen MR) is 83.3 cm³/mol. The molecule has 1 aromatic rings. The highest BCUT2D eigenvalue weighted by molar-refractivity contribution is 9.10. The Bertz CT molecular complexity index is 512. The van der Waals surface area contributed by atoms with E-state index in [0.717, 1.165) is 12.5 Å². The van der Waals surface area contributed by atoms with Crippen molar-refractivity contribution >= 4 is 21.9 Å². The van der Waals surface area contributed by atoms with Gasteiger partial charge in [0.05, 0.1) is 6.54 Å². The zero-order valence-electron chi connectivity index (χ0n) is 11.0. The summed E-state index contributed by atoms with van der Waals surface area (Å²) in [6.07, 6.45) is 7.64. The number of halogens is 1. The number of hydrogen-bond donors (Lipinski definition) is 2. The summed E-state index contributed by atoms with van der Waals surface area (Å²) in [6.45, 7) is 1.36. The molecule has 0 bridgehead atoms. The minimum absolute atomic E-state index is 0.230. The lowest BCUT2D eigenvalue weighted by molar-refractivity contribution is 0.647. The lowest BCUT2D eigenvalue weighted by Gasteiger charge is -2.19. The Kier molecular flexibility index (Phi) is 4.49. The summed E-state index contributed by atoms with van der Waals surface area (Å²) in [6, 6.07) is 8.42. The summed E-state index contributed by atoms with van der Waals surface area (Å²) in [7, 11) is 1.75. The smallest absolute Gasteiger partial charge is 0.191 e. The number of benzene rings is 1. The van der Waals surface area contributed by atoms with Crippen LogP contribution in [0, 0.1) is 12.3 Å². The fraction of sp³-hybridized carbons (Fsp3) is 0.400. The molecule has 0 atom stereocenters. The molecule has 0 amide bonds. The van der Waals surface area contributed by atoms with Gasteiger partial charge < -0.3 is 10.6 Å². The van der Waals surface area contributed by atoms with E-state index in [1.165, 1.54) is 22.9 Å². The average Bonchev–Trinajstić information content (AvgIpc) is 3.20. The molecule has 0 aliphatic heterocycles. The Labute approximate surface area is 123 Å². The molecule has 2 rings (SSSR count). The number of terminal acetylenes is 1. The number of nitrogens with one attached hydrogen (secondary N) is 2. The van der Waals surface area contributed by atoms with Crippen molar-refractivity contribution in [3.63, 3.8) is 0 Å². The van der Waals surface area contributed by atoms with Gasteiger partial charge in [0.15, 0.2) is 5.96 Å². The molecule has 1 aromatic carbocycles. The molecule has 0 unspecified atom stereocenters. The van der Waals surface area contributed by atoms with Gasteiger partial charge in [-0.25, -0.2) is 0 Å². The van der Waals surface area contributed by atoms with Gasteiger partial charge in [-0.2, -0.15) is 0 Å². The first-order valence-corrected chi connectivity index (χ1v) is 7.14. The van der Waals surface area contributed by atoms with Gasteiger partial charge in [-0.05, 0) is 24.5 Å². The zero-order chi connectivity index (χ0) is 13.7. The maximum absolute atomic E-state index is 5.24. The van der Waals surface area contributed by atoms with Crippen LogP contribution in [0.15, 0.2) is 33.7 Å². The van der Waals surface area contributed by atoms with Gasteiger partial charge in [-0.1, -0.05) is 40.0 Å². The number of hydrogen-bond acceptors (Lipinski definition) is 1. The van der Waals surface area contributed by atoms with Crippen molar-refractivity contribution in [2.45, 2.75) is 18.3 Å². The summed E-state index contributed by atoms with van der Waals surface area (Å²) in [5.74, 6) is 3.31. The molecule has 4 heteroatoms. The van der Waals surface area contributed by atoms with E-state index in [1.807, 2.05) is 6.07 Å². The van der Waals surface area contributed by atoms with Crippen molar-refractivity contribution in [3.8, 4) is 12.3 Å². The fourth-order valence-corrected chi connectivity index (χ4v) is 2.90. The first kappa shape index (κ1) is 14.0. The molecule has 100 valence electrons. The highest BCUT2D eigenvalue weighted by atomic mass is 79.9. The summed E-state index contributed by atoms with van der Waals surface area (Å²) in [4.78, 5) is 4.16. The highest BCUT2D eigenvalue weighted by Crippen LogP contribution is 2.49. The first-order chi connectivity index (χ1) is 9.22. The summed E-state index contributed by atoms with van der Waals surface area (Å²) < 4.78 is 1.18. The molecular weight excluding hydrogens is 302 g/mol. The van der Waals surface area contributed by atoms with Gasteiger partial charge in [0.1, 0.15) is 0 Å². The Hall–Kier alpha value is -1.47. The Morgan fingerprint density at radius 2 is 2.16 bits per heavy atom. The van der Waals surface area contributed by atoms with E-state index in [0.29, 0.717) is 6.54 Å². The average molecular weight is 320 g/mol. The lowest BCUT2D eigenvalue weighted by atomic mass is 9.96. The number of guanidine groups is 1. The standard InChI is InChI=1S/C15H18BrN3/c1-3-10-18-14(17-2)19-11-15(8-9-15)12-6-4-5-7-13(12)16/h1,4-7H,8-11H2,2H3,(H2,17,18,19). The molecule has 0 spiro atoms. The molecule has 0 heterocycles. The van der Waals surface area contributed by atoms with Crippen LogP contribution in [0.25, 0.3) is 0 Å². The largest absolute Gasteiger partial charge is 0.355 e. The molecule has 0 radical (unpaired) electrons. The third-order valence-electron chi connectivity index (χ3n) is 3.47. The molecule has 1 aliphatic carbocycles. The van der Waals surface area contributed by atoms with Crippen molar-refractivity contribution < 1.29 is 0 Å². The monoisotopic (exact) mass is 319 g/mol. The van der Waals surface area contributed by atoms with Crippen LogP contribution in [0.2, 0.25) is 0 Å². The Morgan fingerprint density at radius 3 is 2.74 bits per heavy atom. The normalized spacial score (nSPS) is 16.6. The molecule has 1 fully saturated rings. The van der Waals surface area contributed by atoms with E-state index in [2.05, 4.69) is 55.7 Å². The van der Waals surface area contributed by atoms with Crippen LogP contribution in [-0.4, -0.2) is 26.1 Å². The first-order valence-electron chi connectivity index (χ1n) is 6.35. The van der Waals surface area contributed by atoms with Crippen molar-refractivity contribution in [3.05, 3.63) is 34.3 Å². The molecule has 0 aromatic heterocycles. The third-order valence-corrected chi connectivity index (χ3v) is 4.17. The maximum atomic E-state index is 5.24. The highest BCUT2D eigenvalue weighted by Gasteiger charge is 2.45. The Balaban J connectivity index is 2.00. The van der Waals surface area contributed by atoms with Gasteiger partial charge in [0.25, 0.3) is 0 Å². The molecular formula is C15H18BrN3. The van der Waals surface area contributed by atoms with E-state index in [4.69, 9.17) is 6.42 Å². The topological polar surface area (TPSA) is 36.4 Å². The van der Waals surface area contributed by atoms with Gasteiger partial charge in [-0.15, -0.1) is 6.42 Å². The van der Waals surface area contributed by atoms with Crippen LogP contribution in [0.1, 0.15) is 18.4 Å². The molecule has 1 aliphatic rings. The van der Waals surface area contributed by atoms with Crippen LogP contribution < -0.4 is 10.6 Å². The third kappa shape index (κ3) is 3.30. The van der Waals surface area contributed by atoms with E-state index < -0.39 is 0 Å². The zero-order valence-corrected chi connectivity index (χ0v) is 12.6. The van der Waals surface area contributed by atoms with Gasteiger partial charge >= 0.3 is 0 Å². The van der Waals surface area contributed by atoms with Crippen molar-refractivity contribution in [2.24, 2.45) is 4.99 Å². The molecule has 19 heavy (non-hydrogen) atoms. The van der Waals surface area contributed by atoms with Crippen LogP contribution in [-0.2, 0) is 5.41 Å². The van der Waals surface area contributed by atoms with E-state index in [-0.39, 0.29) is 5.41 Å². The minimum atomic E-state index is 0.230. The van der Waals surface area contributed by atoms with Crippen LogP contribution >= 0.6 is 15.9 Å². The minimum Gasteiger partial charge on any atom is -0.355 e. The number of nitrogens with zero attached hydrogens (tertiary/aromatic N) is 1. The second-order valence-electron chi connectivity index (χ2n) is 4.74. The quantitative estimate of drug-likeness (QED) is 0.507. The van der Waals surface area contributed by atoms with Gasteiger partial charge in [-0.3, -0.25) is 4.99 Å². The Morgan fingerprint density at radius 1 is 1.42 bits per heavy atom. The lowest BCUT2D eigenvalue weighted by Crippen LogP contribution is -2.41. The van der Waals surface area contributed by atoms with Crippen LogP contribution in [0.3, 0.4) is 0 Å². The predicted octanol–water partition coefficient (Wildman–Crippen LogP) is 2.28. The van der Waals surface area contributed by atoms with Gasteiger partial charge in [0.2, 0.25) is 0 Å². The van der Waals surface area contributed by atoms with E-state index in [1.54, 1.807) is 7.05 Å². The maximum Gasteiger partial charge on any atom is 0.191 e. The number of aliphatic imine (C=N–C) groups is 1. The molecule has 2 N–H and O–H groups in total.